The van der Waals surface area contributed by atoms with Crippen LogP contribution in [0.3, 0.4) is 0 Å². The van der Waals surface area contributed by atoms with Gasteiger partial charge in [-0.25, -0.2) is 0 Å². The van der Waals surface area contributed by atoms with Gasteiger partial charge in [-0.3, -0.25) is 0 Å². The van der Waals surface area contributed by atoms with E-state index in [4.69, 9.17) is 4.74 Å². The lowest BCUT2D eigenvalue weighted by Crippen LogP contribution is -2.27. The van der Waals surface area contributed by atoms with Gasteiger partial charge in [0.1, 0.15) is 0 Å². The van der Waals surface area contributed by atoms with Gasteiger partial charge in [0.25, 0.3) is 0 Å². The quantitative estimate of drug-likeness (QED) is 0.695. The number of hydrogen-bond acceptors (Lipinski definition) is 1. The van der Waals surface area contributed by atoms with Gasteiger partial charge in [0.2, 0.25) is 0 Å². The lowest BCUT2D eigenvalue weighted by Gasteiger charge is -2.30. The molecule has 1 aliphatic carbocycles. The van der Waals surface area contributed by atoms with Gasteiger partial charge in [-0.15, -0.1) is 0 Å². The SMILES string of the molecule is CCCC1CC2(CCO1)CC2CBr. The smallest absolute Gasteiger partial charge is 0.0580 e. The molecule has 0 aromatic heterocycles. The number of hydrogen-bond donors (Lipinski definition) is 0. The normalized spacial score (nSPS) is 43.8. The Labute approximate surface area is 89.4 Å². The number of rotatable bonds is 3. The molecule has 2 rings (SSSR count). The first-order valence-electron chi connectivity index (χ1n) is 5.48. The van der Waals surface area contributed by atoms with Gasteiger partial charge in [-0.2, -0.15) is 0 Å². The van der Waals surface area contributed by atoms with Gasteiger partial charge in [-0.05, 0) is 37.0 Å². The Morgan fingerprint density at radius 1 is 1.46 bits per heavy atom. The highest BCUT2D eigenvalue weighted by molar-refractivity contribution is 9.09. The first-order valence-corrected chi connectivity index (χ1v) is 6.60. The van der Waals surface area contributed by atoms with Gasteiger partial charge >= 0.3 is 0 Å². The maximum atomic E-state index is 5.77. The van der Waals surface area contributed by atoms with E-state index in [1.165, 1.54) is 37.4 Å². The summed E-state index contributed by atoms with van der Waals surface area (Å²) in [7, 11) is 0. The van der Waals surface area contributed by atoms with Crippen LogP contribution in [0.25, 0.3) is 0 Å². The Morgan fingerprint density at radius 3 is 2.92 bits per heavy atom. The summed E-state index contributed by atoms with van der Waals surface area (Å²) in [5.74, 6) is 0.954. The van der Waals surface area contributed by atoms with E-state index in [-0.39, 0.29) is 0 Å². The van der Waals surface area contributed by atoms with Crippen LogP contribution in [0.2, 0.25) is 0 Å². The van der Waals surface area contributed by atoms with Gasteiger partial charge in [-0.1, -0.05) is 29.3 Å². The van der Waals surface area contributed by atoms with Gasteiger partial charge < -0.3 is 4.74 Å². The maximum Gasteiger partial charge on any atom is 0.0580 e. The van der Waals surface area contributed by atoms with Crippen molar-refractivity contribution in [3.8, 4) is 0 Å². The zero-order chi connectivity index (χ0) is 9.31. The highest BCUT2D eigenvalue weighted by atomic mass is 79.9. The molecule has 0 N–H and O–H groups in total. The molecule has 2 fully saturated rings. The fraction of sp³-hybridized carbons (Fsp3) is 1.00. The second-order valence-corrected chi connectivity index (χ2v) is 5.30. The van der Waals surface area contributed by atoms with E-state index in [0.29, 0.717) is 11.5 Å². The third kappa shape index (κ3) is 1.94. The number of ether oxygens (including phenoxy) is 1. The molecule has 13 heavy (non-hydrogen) atoms. The molecular weight excluding hydrogens is 228 g/mol. The van der Waals surface area contributed by atoms with Crippen LogP contribution in [0.5, 0.6) is 0 Å². The van der Waals surface area contributed by atoms with Gasteiger partial charge in [0.15, 0.2) is 0 Å². The van der Waals surface area contributed by atoms with Crippen LogP contribution in [-0.4, -0.2) is 18.0 Å². The van der Waals surface area contributed by atoms with E-state index >= 15 is 0 Å². The average Bonchev–Trinajstić information content (AvgIpc) is 2.79. The van der Waals surface area contributed by atoms with Crippen LogP contribution in [0.1, 0.15) is 39.0 Å². The Bertz CT molecular complexity index is 181. The molecule has 2 heteroatoms. The number of alkyl halides is 1. The van der Waals surface area contributed by atoms with E-state index in [1.54, 1.807) is 0 Å². The monoisotopic (exact) mass is 246 g/mol. The summed E-state index contributed by atoms with van der Waals surface area (Å²) >= 11 is 3.60. The minimum atomic E-state index is 0.572. The van der Waals surface area contributed by atoms with Crippen molar-refractivity contribution in [3.63, 3.8) is 0 Å². The van der Waals surface area contributed by atoms with Gasteiger partial charge in [0.05, 0.1) is 6.10 Å². The van der Waals surface area contributed by atoms with Crippen LogP contribution in [0.15, 0.2) is 0 Å². The zero-order valence-electron chi connectivity index (χ0n) is 8.39. The first kappa shape index (κ1) is 9.97. The molecule has 0 bridgehead atoms. The molecule has 1 nitrogen and oxygen atoms in total. The topological polar surface area (TPSA) is 9.23 Å². The van der Waals surface area contributed by atoms with Crippen molar-refractivity contribution in [1.82, 2.24) is 0 Å². The Hall–Kier alpha value is 0.440. The Balaban J connectivity index is 1.87. The average molecular weight is 247 g/mol. The Kier molecular flexibility index (Phi) is 2.99. The minimum Gasteiger partial charge on any atom is -0.378 e. The molecular formula is C11H19BrO. The van der Waals surface area contributed by atoms with Crippen LogP contribution in [0, 0.1) is 11.3 Å². The van der Waals surface area contributed by atoms with Crippen LogP contribution < -0.4 is 0 Å². The molecule has 3 atom stereocenters. The molecule has 1 spiro atoms. The van der Waals surface area contributed by atoms with E-state index in [1.807, 2.05) is 0 Å². The second-order valence-electron chi connectivity index (χ2n) is 4.65. The molecule has 0 aromatic carbocycles. The fourth-order valence-electron chi connectivity index (χ4n) is 2.76. The largest absolute Gasteiger partial charge is 0.378 e. The van der Waals surface area contributed by atoms with E-state index in [2.05, 4.69) is 22.9 Å². The summed E-state index contributed by atoms with van der Waals surface area (Å²) in [6, 6.07) is 0. The summed E-state index contributed by atoms with van der Waals surface area (Å²) in [5.41, 5.74) is 0.696. The summed E-state index contributed by atoms with van der Waals surface area (Å²) in [4.78, 5) is 0. The lowest BCUT2D eigenvalue weighted by atomic mass is 9.88. The molecule has 1 aliphatic heterocycles. The first-order chi connectivity index (χ1) is 6.30. The molecule has 0 amide bonds. The highest BCUT2D eigenvalue weighted by Gasteiger charge is 2.54. The van der Waals surface area contributed by atoms with Crippen molar-refractivity contribution < 1.29 is 4.74 Å². The fourth-order valence-corrected chi connectivity index (χ4v) is 3.67. The molecule has 76 valence electrons. The van der Waals surface area contributed by atoms with Crippen molar-refractivity contribution in [2.45, 2.75) is 45.1 Å². The summed E-state index contributed by atoms with van der Waals surface area (Å²) < 4.78 is 5.77. The highest BCUT2D eigenvalue weighted by Crippen LogP contribution is 2.61. The van der Waals surface area contributed by atoms with Crippen LogP contribution in [0.4, 0.5) is 0 Å². The summed E-state index contributed by atoms with van der Waals surface area (Å²) in [6.07, 6.45) is 7.18. The summed E-state index contributed by atoms with van der Waals surface area (Å²) in [5, 5.41) is 1.20. The standard InChI is InChI=1S/C11H19BrO/c1-2-3-10-7-11(4-5-13-10)6-9(11)8-12/h9-10H,2-8H2,1H3. The third-order valence-corrected chi connectivity index (χ3v) is 4.53. The minimum absolute atomic E-state index is 0.572. The van der Waals surface area contributed by atoms with Crippen molar-refractivity contribution >= 4 is 15.9 Å². The zero-order valence-corrected chi connectivity index (χ0v) is 9.98. The van der Waals surface area contributed by atoms with Gasteiger partial charge in [0, 0.05) is 11.9 Å². The molecule has 0 radical (unpaired) electrons. The van der Waals surface area contributed by atoms with E-state index in [0.717, 1.165) is 12.5 Å². The lowest BCUT2D eigenvalue weighted by molar-refractivity contribution is -0.0239. The predicted molar refractivity (Wildman–Crippen MR) is 58.2 cm³/mol. The van der Waals surface area contributed by atoms with Crippen molar-refractivity contribution in [1.29, 1.82) is 0 Å². The maximum absolute atomic E-state index is 5.77. The molecule has 1 saturated heterocycles. The molecule has 0 aromatic rings. The Morgan fingerprint density at radius 2 is 2.31 bits per heavy atom. The van der Waals surface area contributed by atoms with E-state index in [9.17, 15) is 0 Å². The van der Waals surface area contributed by atoms with Crippen molar-refractivity contribution in [2.24, 2.45) is 11.3 Å². The summed E-state index contributed by atoms with van der Waals surface area (Å²) in [6.45, 7) is 3.26. The predicted octanol–water partition coefficient (Wildman–Crippen LogP) is 3.37. The molecule has 3 unspecified atom stereocenters. The number of halogens is 1. The van der Waals surface area contributed by atoms with E-state index < -0.39 is 0 Å². The third-order valence-electron chi connectivity index (χ3n) is 3.74. The molecule has 1 heterocycles. The second kappa shape index (κ2) is 3.90. The molecule has 2 aliphatic rings. The van der Waals surface area contributed by atoms with Crippen LogP contribution in [-0.2, 0) is 4.74 Å². The van der Waals surface area contributed by atoms with Crippen molar-refractivity contribution in [2.75, 3.05) is 11.9 Å². The molecule has 1 saturated carbocycles. The van der Waals surface area contributed by atoms with Crippen molar-refractivity contribution in [3.05, 3.63) is 0 Å². The van der Waals surface area contributed by atoms with Crippen LogP contribution >= 0.6 is 15.9 Å².